The van der Waals surface area contributed by atoms with Gasteiger partial charge in [-0.15, -0.1) is 0 Å². The first-order chi connectivity index (χ1) is 15.9. The first kappa shape index (κ1) is 23.5. The number of fused-ring (bicyclic) bond motifs is 1. The molecule has 4 rings (SSSR count). The Balaban J connectivity index is 1.24. The molecular formula is C26H34N2O5. The molecule has 0 aromatic heterocycles. The van der Waals surface area contributed by atoms with E-state index in [1.807, 2.05) is 31.2 Å². The summed E-state index contributed by atoms with van der Waals surface area (Å²) in [6, 6.07) is 7.76. The summed E-state index contributed by atoms with van der Waals surface area (Å²) in [5.74, 6) is 0.281. The normalized spacial score (nSPS) is 25.5. The number of nitrogens with zero attached hydrogens (tertiary/aromatic N) is 1. The number of amides is 1. The fourth-order valence-electron chi connectivity index (χ4n) is 5.54. The van der Waals surface area contributed by atoms with Gasteiger partial charge in [0.1, 0.15) is 0 Å². The molecule has 7 nitrogen and oxygen atoms in total. The minimum Gasteiger partial charge on any atom is -0.466 e. The number of cyclic esters (lactones) is 1. The lowest BCUT2D eigenvalue weighted by atomic mass is 9.75. The number of allylic oxidation sites excluding steroid dienone is 1. The molecule has 2 aliphatic heterocycles. The van der Waals surface area contributed by atoms with Crippen molar-refractivity contribution in [1.82, 2.24) is 4.90 Å². The van der Waals surface area contributed by atoms with Gasteiger partial charge in [-0.25, -0.2) is 0 Å². The van der Waals surface area contributed by atoms with Crippen LogP contribution in [0, 0.1) is 17.3 Å². The zero-order chi connectivity index (χ0) is 23.4. The predicted molar refractivity (Wildman–Crippen MR) is 124 cm³/mol. The SMILES string of the molecule is C=C1CC2COC(=O)C2(Cc2ccc(NC(=O)CN3CCC(CC(=O)OCC)CC3)cc2)C1. The second kappa shape index (κ2) is 10.1. The molecule has 2 atom stereocenters. The van der Waals surface area contributed by atoms with Gasteiger partial charge in [0.05, 0.1) is 25.2 Å². The number of nitrogens with one attached hydrogen (secondary N) is 1. The Morgan fingerprint density at radius 2 is 1.97 bits per heavy atom. The first-order valence-electron chi connectivity index (χ1n) is 12.0. The topological polar surface area (TPSA) is 84.9 Å². The Labute approximate surface area is 195 Å². The third-order valence-corrected chi connectivity index (χ3v) is 7.30. The summed E-state index contributed by atoms with van der Waals surface area (Å²) in [5.41, 5.74) is 2.47. The van der Waals surface area contributed by atoms with E-state index in [1.54, 1.807) is 0 Å². The van der Waals surface area contributed by atoms with Crippen LogP contribution in [-0.2, 0) is 30.3 Å². The molecule has 3 aliphatic rings. The molecule has 1 aliphatic carbocycles. The molecule has 178 valence electrons. The molecular weight excluding hydrogens is 420 g/mol. The number of rotatable bonds is 8. The highest BCUT2D eigenvalue weighted by Gasteiger charge is 2.55. The van der Waals surface area contributed by atoms with Crippen LogP contribution in [0.25, 0.3) is 0 Å². The van der Waals surface area contributed by atoms with Crippen molar-refractivity contribution in [3.05, 3.63) is 42.0 Å². The van der Waals surface area contributed by atoms with Gasteiger partial charge in [-0.3, -0.25) is 19.3 Å². The van der Waals surface area contributed by atoms with Crippen molar-refractivity contribution in [3.63, 3.8) is 0 Å². The lowest BCUT2D eigenvalue weighted by molar-refractivity contribution is -0.146. The van der Waals surface area contributed by atoms with Crippen LogP contribution in [-0.4, -0.2) is 55.6 Å². The zero-order valence-electron chi connectivity index (χ0n) is 19.4. The summed E-state index contributed by atoms with van der Waals surface area (Å²) in [5, 5.41) is 2.97. The summed E-state index contributed by atoms with van der Waals surface area (Å²) in [4.78, 5) is 38.8. The van der Waals surface area contributed by atoms with Crippen molar-refractivity contribution in [1.29, 1.82) is 0 Å². The van der Waals surface area contributed by atoms with E-state index >= 15 is 0 Å². The van der Waals surface area contributed by atoms with Gasteiger partial charge in [0, 0.05) is 18.0 Å². The van der Waals surface area contributed by atoms with Crippen molar-refractivity contribution in [2.45, 2.75) is 45.4 Å². The molecule has 1 saturated carbocycles. The van der Waals surface area contributed by atoms with Gasteiger partial charge in [-0.05, 0) is 75.7 Å². The van der Waals surface area contributed by atoms with Gasteiger partial charge in [0.2, 0.25) is 5.91 Å². The molecule has 2 saturated heterocycles. The van der Waals surface area contributed by atoms with E-state index in [-0.39, 0.29) is 23.8 Å². The number of esters is 2. The van der Waals surface area contributed by atoms with E-state index in [1.165, 1.54) is 0 Å². The molecule has 0 bridgehead atoms. The van der Waals surface area contributed by atoms with Crippen LogP contribution in [0.5, 0.6) is 0 Å². The molecule has 1 aromatic rings. The van der Waals surface area contributed by atoms with Crippen LogP contribution in [0.3, 0.4) is 0 Å². The molecule has 1 amide bonds. The quantitative estimate of drug-likeness (QED) is 0.479. The highest BCUT2D eigenvalue weighted by molar-refractivity contribution is 5.92. The predicted octanol–water partition coefficient (Wildman–Crippen LogP) is 3.34. The molecule has 33 heavy (non-hydrogen) atoms. The Bertz CT molecular complexity index is 904. The van der Waals surface area contributed by atoms with E-state index in [4.69, 9.17) is 9.47 Å². The van der Waals surface area contributed by atoms with Crippen LogP contribution < -0.4 is 5.32 Å². The largest absolute Gasteiger partial charge is 0.466 e. The molecule has 1 aromatic carbocycles. The number of benzene rings is 1. The molecule has 3 fully saturated rings. The summed E-state index contributed by atoms with van der Waals surface area (Å²) in [6.45, 7) is 8.78. The number of carbonyl (C=O) groups is 3. The third-order valence-electron chi connectivity index (χ3n) is 7.30. The van der Waals surface area contributed by atoms with Crippen LogP contribution in [0.15, 0.2) is 36.4 Å². The third kappa shape index (κ3) is 5.46. The smallest absolute Gasteiger partial charge is 0.313 e. The maximum Gasteiger partial charge on any atom is 0.313 e. The van der Waals surface area contributed by atoms with Crippen molar-refractivity contribution in [2.75, 3.05) is 38.2 Å². The highest BCUT2D eigenvalue weighted by Crippen LogP contribution is 2.52. The minimum atomic E-state index is -0.471. The fraction of sp³-hybridized carbons (Fsp3) is 0.577. The fourth-order valence-corrected chi connectivity index (χ4v) is 5.54. The molecule has 7 heteroatoms. The Morgan fingerprint density at radius 3 is 2.67 bits per heavy atom. The minimum absolute atomic E-state index is 0.0447. The summed E-state index contributed by atoms with van der Waals surface area (Å²) in [6.07, 6.45) is 4.47. The number of hydrogen-bond donors (Lipinski definition) is 1. The maximum atomic E-state index is 12.5. The van der Waals surface area contributed by atoms with Crippen LogP contribution >= 0.6 is 0 Å². The summed E-state index contributed by atoms with van der Waals surface area (Å²) < 4.78 is 10.4. The molecule has 2 unspecified atom stereocenters. The average Bonchev–Trinajstić information content (AvgIpc) is 3.25. The molecule has 0 spiro atoms. The number of anilines is 1. The Hall–Kier alpha value is -2.67. The van der Waals surface area contributed by atoms with Gasteiger partial charge in [0.15, 0.2) is 0 Å². The molecule has 1 N–H and O–H groups in total. The van der Waals surface area contributed by atoms with Crippen molar-refractivity contribution in [2.24, 2.45) is 17.3 Å². The van der Waals surface area contributed by atoms with Crippen molar-refractivity contribution >= 4 is 23.5 Å². The summed E-state index contributed by atoms with van der Waals surface area (Å²) >= 11 is 0. The average molecular weight is 455 g/mol. The number of hydrogen-bond acceptors (Lipinski definition) is 6. The van der Waals surface area contributed by atoms with Crippen molar-refractivity contribution < 1.29 is 23.9 Å². The monoisotopic (exact) mass is 454 g/mol. The second-order valence-electron chi connectivity index (χ2n) is 9.73. The van der Waals surface area contributed by atoms with Gasteiger partial charge in [-0.2, -0.15) is 0 Å². The number of carbonyl (C=O) groups excluding carboxylic acids is 3. The lowest BCUT2D eigenvalue weighted by Gasteiger charge is -2.31. The number of likely N-dealkylation sites (tertiary alicyclic amines) is 1. The van der Waals surface area contributed by atoms with E-state index in [9.17, 15) is 14.4 Å². The van der Waals surface area contributed by atoms with Gasteiger partial charge < -0.3 is 14.8 Å². The van der Waals surface area contributed by atoms with E-state index < -0.39 is 5.41 Å². The van der Waals surface area contributed by atoms with E-state index in [0.717, 1.165) is 49.2 Å². The lowest BCUT2D eigenvalue weighted by Crippen LogP contribution is -2.39. The Kier molecular flexibility index (Phi) is 7.17. The standard InChI is InChI=1S/C26H34N2O5/c1-3-32-24(30)13-19-8-10-28(11-9-19)16-23(29)27-22-6-4-20(5-7-22)15-26-14-18(2)12-21(26)17-33-25(26)31/h4-7,19,21H,2-3,8-17H2,1H3,(H,27,29). The van der Waals surface area contributed by atoms with Crippen LogP contribution in [0.4, 0.5) is 5.69 Å². The van der Waals surface area contributed by atoms with Crippen LogP contribution in [0.1, 0.15) is 44.6 Å². The van der Waals surface area contributed by atoms with E-state index in [2.05, 4.69) is 16.8 Å². The highest BCUT2D eigenvalue weighted by atomic mass is 16.5. The summed E-state index contributed by atoms with van der Waals surface area (Å²) in [7, 11) is 0. The first-order valence-corrected chi connectivity index (χ1v) is 12.0. The van der Waals surface area contributed by atoms with Crippen LogP contribution in [0.2, 0.25) is 0 Å². The van der Waals surface area contributed by atoms with Gasteiger partial charge in [-0.1, -0.05) is 24.3 Å². The number of ether oxygens (including phenoxy) is 2. The maximum absolute atomic E-state index is 12.5. The Morgan fingerprint density at radius 1 is 1.24 bits per heavy atom. The second-order valence-corrected chi connectivity index (χ2v) is 9.73. The van der Waals surface area contributed by atoms with Gasteiger partial charge in [0.25, 0.3) is 0 Å². The zero-order valence-corrected chi connectivity index (χ0v) is 19.4. The van der Waals surface area contributed by atoms with Gasteiger partial charge >= 0.3 is 11.9 Å². The molecule has 2 heterocycles. The number of piperidine rings is 1. The van der Waals surface area contributed by atoms with E-state index in [0.29, 0.717) is 44.9 Å². The van der Waals surface area contributed by atoms with Crippen molar-refractivity contribution in [3.8, 4) is 0 Å². The molecule has 0 radical (unpaired) electrons.